The van der Waals surface area contributed by atoms with Gasteiger partial charge >= 0.3 is 5.82 Å². The van der Waals surface area contributed by atoms with E-state index in [4.69, 9.17) is 0 Å². The summed E-state index contributed by atoms with van der Waals surface area (Å²) in [5.74, 6) is 1.05. The highest BCUT2D eigenvalue weighted by atomic mass is 16.6. The van der Waals surface area contributed by atoms with Crippen LogP contribution in [-0.4, -0.2) is 33.6 Å². The zero-order chi connectivity index (χ0) is 13.1. The molecule has 1 unspecified atom stereocenters. The van der Waals surface area contributed by atoms with Crippen LogP contribution in [0.3, 0.4) is 0 Å². The van der Waals surface area contributed by atoms with Crippen molar-refractivity contribution in [1.82, 2.24) is 14.9 Å². The molecule has 1 aromatic rings. The zero-order valence-electron chi connectivity index (χ0n) is 10.8. The summed E-state index contributed by atoms with van der Waals surface area (Å²) < 4.78 is 1.72. The van der Waals surface area contributed by atoms with E-state index in [0.717, 1.165) is 19.5 Å². The SMILES string of the molecule is Cc1nc([N+](=O)[O-])c(NCCC2CCCN2)n1C. The molecule has 0 saturated carbocycles. The number of nitro groups is 1. The van der Waals surface area contributed by atoms with E-state index >= 15 is 0 Å². The van der Waals surface area contributed by atoms with Crippen LogP contribution < -0.4 is 10.6 Å². The lowest BCUT2D eigenvalue weighted by molar-refractivity contribution is -0.388. The van der Waals surface area contributed by atoms with Crippen molar-refractivity contribution < 1.29 is 4.92 Å². The Morgan fingerprint density at radius 3 is 3.06 bits per heavy atom. The van der Waals surface area contributed by atoms with Gasteiger partial charge in [0, 0.05) is 26.6 Å². The van der Waals surface area contributed by atoms with Gasteiger partial charge in [-0.3, -0.25) is 4.57 Å². The van der Waals surface area contributed by atoms with Crippen LogP contribution in [0.1, 0.15) is 25.1 Å². The van der Waals surface area contributed by atoms with Crippen molar-refractivity contribution in [2.45, 2.75) is 32.2 Å². The Kier molecular flexibility index (Phi) is 3.81. The van der Waals surface area contributed by atoms with E-state index in [2.05, 4.69) is 15.6 Å². The number of aryl methyl sites for hydroxylation is 1. The van der Waals surface area contributed by atoms with Gasteiger partial charge in [-0.25, -0.2) is 0 Å². The molecule has 1 atom stereocenters. The monoisotopic (exact) mass is 253 g/mol. The minimum Gasteiger partial charge on any atom is -0.364 e. The van der Waals surface area contributed by atoms with E-state index in [0.29, 0.717) is 17.7 Å². The Labute approximate surface area is 106 Å². The first kappa shape index (κ1) is 12.8. The maximum Gasteiger partial charge on any atom is 0.406 e. The molecular formula is C11H19N5O2. The average Bonchev–Trinajstić information content (AvgIpc) is 2.92. The fourth-order valence-corrected chi connectivity index (χ4v) is 2.29. The molecule has 1 fully saturated rings. The number of nitrogens with one attached hydrogen (secondary N) is 2. The molecule has 0 amide bonds. The van der Waals surface area contributed by atoms with Crippen LogP contribution in [0.2, 0.25) is 0 Å². The Hall–Kier alpha value is -1.63. The first-order valence-corrected chi connectivity index (χ1v) is 6.24. The Bertz CT molecular complexity index is 437. The van der Waals surface area contributed by atoms with Crippen LogP contribution in [0.4, 0.5) is 11.6 Å². The van der Waals surface area contributed by atoms with Crippen LogP contribution in [0.25, 0.3) is 0 Å². The summed E-state index contributed by atoms with van der Waals surface area (Å²) in [5.41, 5.74) is 0. The first-order valence-electron chi connectivity index (χ1n) is 6.24. The van der Waals surface area contributed by atoms with Crippen LogP contribution >= 0.6 is 0 Å². The number of anilines is 1. The van der Waals surface area contributed by atoms with Gasteiger partial charge in [-0.1, -0.05) is 0 Å². The second-order valence-electron chi connectivity index (χ2n) is 4.66. The predicted molar refractivity (Wildman–Crippen MR) is 68.7 cm³/mol. The molecule has 2 heterocycles. The van der Waals surface area contributed by atoms with Gasteiger partial charge in [0.15, 0.2) is 0 Å². The highest BCUT2D eigenvalue weighted by molar-refractivity contribution is 5.53. The molecule has 100 valence electrons. The van der Waals surface area contributed by atoms with Crippen LogP contribution in [0.5, 0.6) is 0 Å². The third kappa shape index (κ3) is 2.61. The molecule has 1 aromatic heterocycles. The fourth-order valence-electron chi connectivity index (χ4n) is 2.29. The van der Waals surface area contributed by atoms with Crippen molar-refractivity contribution in [3.8, 4) is 0 Å². The number of nitrogens with zero attached hydrogens (tertiary/aromatic N) is 3. The summed E-state index contributed by atoms with van der Waals surface area (Å²) in [6.45, 7) is 3.56. The van der Waals surface area contributed by atoms with Gasteiger partial charge in [-0.05, 0) is 35.7 Å². The van der Waals surface area contributed by atoms with E-state index in [9.17, 15) is 10.1 Å². The van der Waals surface area contributed by atoms with Crippen molar-refractivity contribution in [2.75, 3.05) is 18.4 Å². The van der Waals surface area contributed by atoms with Gasteiger partial charge in [0.1, 0.15) is 0 Å². The van der Waals surface area contributed by atoms with Crippen molar-refractivity contribution in [3.05, 3.63) is 15.9 Å². The molecule has 2 N–H and O–H groups in total. The lowest BCUT2D eigenvalue weighted by Crippen LogP contribution is -2.24. The molecule has 1 saturated heterocycles. The number of hydrogen-bond donors (Lipinski definition) is 2. The summed E-state index contributed by atoms with van der Waals surface area (Å²) in [6.07, 6.45) is 3.38. The lowest BCUT2D eigenvalue weighted by Gasteiger charge is -2.11. The molecule has 1 aliphatic rings. The molecule has 7 heteroatoms. The van der Waals surface area contributed by atoms with Gasteiger partial charge in [-0.15, -0.1) is 0 Å². The summed E-state index contributed by atoms with van der Waals surface area (Å²) in [5, 5.41) is 17.4. The van der Waals surface area contributed by atoms with Crippen LogP contribution in [0.15, 0.2) is 0 Å². The molecule has 0 aliphatic carbocycles. The second-order valence-corrected chi connectivity index (χ2v) is 4.66. The number of imidazole rings is 1. The Balaban J connectivity index is 1.97. The number of aromatic nitrogens is 2. The molecule has 0 spiro atoms. The van der Waals surface area contributed by atoms with Crippen molar-refractivity contribution in [3.63, 3.8) is 0 Å². The van der Waals surface area contributed by atoms with Crippen molar-refractivity contribution >= 4 is 11.6 Å². The summed E-state index contributed by atoms with van der Waals surface area (Å²) in [4.78, 5) is 14.4. The lowest BCUT2D eigenvalue weighted by atomic mass is 10.1. The molecule has 2 rings (SSSR count). The van der Waals surface area contributed by atoms with E-state index < -0.39 is 4.92 Å². The summed E-state index contributed by atoms with van der Waals surface area (Å²) in [6, 6.07) is 0.533. The maximum absolute atomic E-state index is 10.9. The van der Waals surface area contributed by atoms with Gasteiger partial charge < -0.3 is 20.7 Å². The van der Waals surface area contributed by atoms with Crippen LogP contribution in [0, 0.1) is 17.0 Å². The molecule has 7 nitrogen and oxygen atoms in total. The highest BCUT2D eigenvalue weighted by Gasteiger charge is 2.23. The topological polar surface area (TPSA) is 85.0 Å². The fraction of sp³-hybridized carbons (Fsp3) is 0.727. The molecule has 18 heavy (non-hydrogen) atoms. The van der Waals surface area contributed by atoms with E-state index in [1.165, 1.54) is 12.8 Å². The third-order valence-corrected chi connectivity index (χ3v) is 3.42. The Morgan fingerprint density at radius 2 is 2.44 bits per heavy atom. The molecular weight excluding hydrogens is 234 g/mol. The van der Waals surface area contributed by atoms with Gasteiger partial charge in [0.05, 0.1) is 0 Å². The quantitative estimate of drug-likeness (QED) is 0.608. The number of rotatable bonds is 5. The predicted octanol–water partition coefficient (Wildman–Crippen LogP) is 1.19. The molecule has 0 aromatic carbocycles. The zero-order valence-corrected chi connectivity index (χ0v) is 10.8. The van der Waals surface area contributed by atoms with Crippen molar-refractivity contribution in [1.29, 1.82) is 0 Å². The maximum atomic E-state index is 10.9. The summed E-state index contributed by atoms with van der Waals surface area (Å²) in [7, 11) is 1.78. The highest BCUT2D eigenvalue weighted by Crippen LogP contribution is 2.23. The van der Waals surface area contributed by atoms with Gasteiger partial charge in [0.25, 0.3) is 0 Å². The van der Waals surface area contributed by atoms with E-state index in [1.54, 1.807) is 18.5 Å². The van der Waals surface area contributed by atoms with E-state index in [1.807, 2.05) is 0 Å². The minimum atomic E-state index is -0.441. The smallest absolute Gasteiger partial charge is 0.364 e. The van der Waals surface area contributed by atoms with Gasteiger partial charge in [-0.2, -0.15) is 0 Å². The standard InChI is InChI=1S/C11H19N5O2/c1-8-14-11(16(17)18)10(15(8)2)13-7-5-9-4-3-6-12-9/h9,12-13H,3-7H2,1-2H3. The van der Waals surface area contributed by atoms with Gasteiger partial charge in [0.2, 0.25) is 11.6 Å². The largest absolute Gasteiger partial charge is 0.406 e. The average molecular weight is 253 g/mol. The molecule has 0 bridgehead atoms. The minimum absolute atomic E-state index is 0.0885. The molecule has 1 aliphatic heterocycles. The van der Waals surface area contributed by atoms with Crippen LogP contribution in [-0.2, 0) is 7.05 Å². The normalized spacial score (nSPS) is 19.1. The second kappa shape index (κ2) is 5.34. The van der Waals surface area contributed by atoms with Crippen molar-refractivity contribution in [2.24, 2.45) is 7.05 Å². The first-order chi connectivity index (χ1) is 8.59. The third-order valence-electron chi connectivity index (χ3n) is 3.42. The van der Waals surface area contributed by atoms with E-state index in [-0.39, 0.29) is 5.82 Å². The Morgan fingerprint density at radius 1 is 1.67 bits per heavy atom. The molecule has 0 radical (unpaired) electrons. The number of hydrogen-bond acceptors (Lipinski definition) is 5. The summed E-state index contributed by atoms with van der Waals surface area (Å²) >= 11 is 0.